The first kappa shape index (κ1) is 14.1. The van der Waals surface area contributed by atoms with Gasteiger partial charge in [0.05, 0.1) is 5.29 Å². The Labute approximate surface area is 126 Å². The molecule has 0 aromatic heterocycles. The highest BCUT2D eigenvalue weighted by Gasteiger charge is 2.20. The Kier molecular flexibility index (Phi) is 3.70. The summed E-state index contributed by atoms with van der Waals surface area (Å²) in [5, 5.41) is 8.38. The van der Waals surface area contributed by atoms with Crippen LogP contribution in [0.4, 0.5) is 5.69 Å². The van der Waals surface area contributed by atoms with E-state index in [9.17, 15) is 4.91 Å². The van der Waals surface area contributed by atoms with E-state index < -0.39 is 0 Å². The van der Waals surface area contributed by atoms with Crippen molar-refractivity contribution in [2.24, 2.45) is 5.29 Å². The fourth-order valence-corrected chi connectivity index (χ4v) is 3.23. The molecule has 2 aliphatic heterocycles. The molecular formula is C17H23N3O. The lowest BCUT2D eigenvalue weighted by atomic mass is 9.92. The summed E-state index contributed by atoms with van der Waals surface area (Å²) in [6.07, 6.45) is 8.47. The van der Waals surface area contributed by atoms with Gasteiger partial charge < -0.3 is 5.32 Å². The van der Waals surface area contributed by atoms with Gasteiger partial charge in [0.1, 0.15) is 0 Å². The molecule has 0 atom stereocenters. The van der Waals surface area contributed by atoms with Crippen LogP contribution in [0.15, 0.2) is 29.6 Å². The van der Waals surface area contributed by atoms with Crippen LogP contribution in [0.1, 0.15) is 37.0 Å². The average molecular weight is 285 g/mol. The molecule has 0 amide bonds. The second-order valence-electron chi connectivity index (χ2n) is 6.60. The average Bonchev–Trinajstić information content (AvgIpc) is 2.63. The molecule has 0 saturated heterocycles. The summed E-state index contributed by atoms with van der Waals surface area (Å²) in [7, 11) is 0. The largest absolute Gasteiger partial charge is 0.376 e. The molecule has 1 N–H and O–H groups in total. The third-order valence-electron chi connectivity index (χ3n) is 4.39. The van der Waals surface area contributed by atoms with Crippen LogP contribution in [0.25, 0.3) is 0 Å². The molecule has 0 aliphatic carbocycles. The van der Waals surface area contributed by atoms with Gasteiger partial charge in [-0.2, -0.15) is 0 Å². The summed E-state index contributed by atoms with van der Waals surface area (Å²) in [5.74, 6) is 0. The second-order valence-corrected chi connectivity index (χ2v) is 6.60. The Morgan fingerprint density at radius 3 is 2.52 bits per heavy atom. The lowest BCUT2D eigenvalue weighted by molar-refractivity contribution is 0.299. The molecule has 4 nitrogen and oxygen atoms in total. The minimum Gasteiger partial charge on any atom is -0.376 e. The quantitative estimate of drug-likeness (QED) is 0.635. The van der Waals surface area contributed by atoms with Crippen LogP contribution < -0.4 is 5.32 Å². The Hall–Kier alpha value is -1.84. The van der Waals surface area contributed by atoms with Gasteiger partial charge in [0, 0.05) is 24.3 Å². The van der Waals surface area contributed by atoms with Crippen LogP contribution in [-0.4, -0.2) is 23.6 Å². The normalized spacial score (nSPS) is 21.9. The SMILES string of the molecule is CC1(C)/C=C\CCc2cc3c(cc2N1)CCN(N=O)CC3. The molecule has 4 heteroatoms. The van der Waals surface area contributed by atoms with E-state index in [1.165, 1.54) is 22.4 Å². The van der Waals surface area contributed by atoms with Gasteiger partial charge in [-0.05, 0) is 62.3 Å². The van der Waals surface area contributed by atoms with Gasteiger partial charge in [0.2, 0.25) is 0 Å². The lowest BCUT2D eigenvalue weighted by Gasteiger charge is -2.28. The number of anilines is 1. The second kappa shape index (κ2) is 5.51. The van der Waals surface area contributed by atoms with E-state index >= 15 is 0 Å². The molecule has 0 fully saturated rings. The number of rotatable bonds is 1. The number of benzene rings is 1. The highest BCUT2D eigenvalue weighted by molar-refractivity contribution is 5.58. The van der Waals surface area contributed by atoms with Crippen molar-refractivity contribution in [3.05, 3.63) is 45.9 Å². The minimum atomic E-state index is -0.0233. The number of hydrogen-bond donors (Lipinski definition) is 1. The number of hydrogen-bond acceptors (Lipinski definition) is 3. The molecule has 112 valence electrons. The zero-order valence-corrected chi connectivity index (χ0v) is 12.9. The maximum Gasteiger partial charge on any atom is 0.0524 e. The summed E-state index contributed by atoms with van der Waals surface area (Å²) in [4.78, 5) is 10.8. The number of aryl methyl sites for hydroxylation is 1. The molecule has 1 aromatic rings. The molecule has 0 spiro atoms. The highest BCUT2D eigenvalue weighted by atomic mass is 16.3. The van der Waals surface area contributed by atoms with Crippen molar-refractivity contribution in [2.45, 2.75) is 45.1 Å². The first-order valence-electron chi connectivity index (χ1n) is 7.76. The third-order valence-corrected chi connectivity index (χ3v) is 4.39. The van der Waals surface area contributed by atoms with E-state index in [2.05, 4.69) is 48.7 Å². The van der Waals surface area contributed by atoms with Gasteiger partial charge in [-0.15, -0.1) is 4.91 Å². The highest BCUT2D eigenvalue weighted by Crippen LogP contribution is 2.30. The van der Waals surface area contributed by atoms with E-state index in [4.69, 9.17) is 0 Å². The third kappa shape index (κ3) is 3.09. The number of nitrogens with one attached hydrogen (secondary N) is 1. The Bertz CT molecular complexity index is 578. The van der Waals surface area contributed by atoms with E-state index in [0.29, 0.717) is 0 Å². The molecule has 3 rings (SSSR count). The number of fused-ring (bicyclic) bond motifs is 2. The van der Waals surface area contributed by atoms with Crippen molar-refractivity contribution in [3.8, 4) is 0 Å². The van der Waals surface area contributed by atoms with Crippen molar-refractivity contribution < 1.29 is 0 Å². The lowest BCUT2D eigenvalue weighted by Crippen LogP contribution is -2.29. The van der Waals surface area contributed by atoms with Crippen LogP contribution in [0.3, 0.4) is 0 Å². The van der Waals surface area contributed by atoms with Gasteiger partial charge in [-0.3, -0.25) is 5.01 Å². The van der Waals surface area contributed by atoms with Gasteiger partial charge in [0.15, 0.2) is 0 Å². The van der Waals surface area contributed by atoms with Crippen molar-refractivity contribution in [1.29, 1.82) is 0 Å². The number of nitrogens with zero attached hydrogens (tertiary/aromatic N) is 2. The first-order valence-corrected chi connectivity index (χ1v) is 7.76. The number of nitroso groups, excluding NO2 is 1. The van der Waals surface area contributed by atoms with E-state index in [1.54, 1.807) is 5.01 Å². The van der Waals surface area contributed by atoms with Crippen molar-refractivity contribution in [3.63, 3.8) is 0 Å². The predicted molar refractivity (Wildman–Crippen MR) is 86.4 cm³/mol. The standard InChI is InChI=1S/C17H23N3O/c1-17(2)8-4-3-5-15-11-13-6-9-20(19-21)10-7-14(13)12-16(15)18-17/h4,8,11-12,18H,3,5-7,9-10H2,1-2H3/b8-4-. The zero-order valence-electron chi connectivity index (χ0n) is 12.9. The van der Waals surface area contributed by atoms with E-state index in [0.717, 1.165) is 38.8 Å². The van der Waals surface area contributed by atoms with Gasteiger partial charge >= 0.3 is 0 Å². The molecule has 0 saturated carbocycles. The van der Waals surface area contributed by atoms with Crippen molar-refractivity contribution in [1.82, 2.24) is 5.01 Å². The van der Waals surface area contributed by atoms with Gasteiger partial charge in [-0.25, -0.2) is 0 Å². The Morgan fingerprint density at radius 1 is 1.10 bits per heavy atom. The maximum atomic E-state index is 10.8. The van der Waals surface area contributed by atoms with Gasteiger partial charge in [0.25, 0.3) is 0 Å². The summed E-state index contributed by atoms with van der Waals surface area (Å²) in [5.41, 5.74) is 5.34. The van der Waals surface area contributed by atoms with Crippen LogP contribution in [0, 0.1) is 4.91 Å². The first-order chi connectivity index (χ1) is 10.1. The summed E-state index contributed by atoms with van der Waals surface area (Å²) in [6, 6.07) is 4.63. The molecule has 0 unspecified atom stereocenters. The van der Waals surface area contributed by atoms with Crippen LogP contribution >= 0.6 is 0 Å². The molecule has 0 bridgehead atoms. The molecule has 1 aromatic carbocycles. The van der Waals surface area contributed by atoms with Crippen LogP contribution in [0.5, 0.6) is 0 Å². The number of allylic oxidation sites excluding steroid dienone is 1. The minimum absolute atomic E-state index is 0.0233. The summed E-state index contributed by atoms with van der Waals surface area (Å²) >= 11 is 0. The smallest absolute Gasteiger partial charge is 0.0524 e. The van der Waals surface area contributed by atoms with E-state index in [-0.39, 0.29) is 5.54 Å². The van der Waals surface area contributed by atoms with Crippen LogP contribution in [-0.2, 0) is 19.3 Å². The topological polar surface area (TPSA) is 44.7 Å². The van der Waals surface area contributed by atoms with Crippen molar-refractivity contribution in [2.75, 3.05) is 18.4 Å². The molecule has 21 heavy (non-hydrogen) atoms. The fraction of sp³-hybridized carbons (Fsp3) is 0.529. The fourth-order valence-electron chi connectivity index (χ4n) is 3.23. The van der Waals surface area contributed by atoms with Crippen molar-refractivity contribution >= 4 is 5.69 Å². The predicted octanol–water partition coefficient (Wildman–Crippen LogP) is 3.46. The Morgan fingerprint density at radius 2 is 1.81 bits per heavy atom. The van der Waals surface area contributed by atoms with Crippen LogP contribution in [0.2, 0.25) is 0 Å². The summed E-state index contributed by atoms with van der Waals surface area (Å²) in [6.45, 7) is 5.84. The molecule has 2 heterocycles. The van der Waals surface area contributed by atoms with E-state index in [1.807, 2.05) is 0 Å². The maximum absolute atomic E-state index is 10.8. The Balaban J connectivity index is 1.95. The monoisotopic (exact) mass is 285 g/mol. The molecular weight excluding hydrogens is 262 g/mol. The zero-order chi connectivity index (χ0) is 14.9. The molecule has 0 radical (unpaired) electrons. The summed E-state index contributed by atoms with van der Waals surface area (Å²) < 4.78 is 0. The molecule has 2 aliphatic rings. The van der Waals surface area contributed by atoms with Gasteiger partial charge in [-0.1, -0.05) is 18.2 Å².